The number of nitrogens with zero attached hydrogens (tertiary/aromatic N) is 1. The van der Waals surface area contributed by atoms with Gasteiger partial charge in [0.25, 0.3) is 0 Å². The number of thioether (sulfide) groups is 1. The Morgan fingerprint density at radius 1 is 1.16 bits per heavy atom. The molecule has 0 amide bonds. The van der Waals surface area contributed by atoms with Crippen LogP contribution in [-0.2, 0) is 0 Å². The summed E-state index contributed by atoms with van der Waals surface area (Å²) in [6.45, 7) is 0. The van der Waals surface area contributed by atoms with E-state index in [9.17, 15) is 0 Å². The van der Waals surface area contributed by atoms with Crippen LogP contribution in [0.4, 0.5) is 5.69 Å². The number of halogens is 2. The monoisotopic (exact) mass is 402 g/mol. The quantitative estimate of drug-likeness (QED) is 0.675. The molecular formula is C14H16Br2N2S. The summed E-state index contributed by atoms with van der Waals surface area (Å²) < 4.78 is 2.14. The summed E-state index contributed by atoms with van der Waals surface area (Å²) in [5.74, 6) is 1.14. The molecule has 1 aliphatic heterocycles. The number of hydrogen-bond donors (Lipinski definition) is 1. The Labute approximate surface area is 135 Å². The molecule has 1 aromatic rings. The lowest BCUT2D eigenvalue weighted by Gasteiger charge is -2.29. The lowest BCUT2D eigenvalue weighted by Crippen LogP contribution is -2.29. The Hall–Kier alpha value is -0.000000000000000111. The largest absolute Gasteiger partial charge is 0.334 e. The third kappa shape index (κ3) is 3.19. The highest BCUT2D eigenvalue weighted by Crippen LogP contribution is 2.40. The first-order valence-electron chi connectivity index (χ1n) is 6.62. The van der Waals surface area contributed by atoms with Gasteiger partial charge in [-0.05, 0) is 47.0 Å². The maximum atomic E-state index is 4.97. The number of anilines is 1. The summed E-state index contributed by atoms with van der Waals surface area (Å²) in [4.78, 5) is 4.97. The first kappa shape index (κ1) is 14.0. The molecule has 1 heterocycles. The van der Waals surface area contributed by atoms with Crippen LogP contribution < -0.4 is 5.32 Å². The molecule has 0 aromatic heterocycles. The molecule has 1 aromatic carbocycles. The molecule has 1 saturated carbocycles. The van der Waals surface area contributed by atoms with E-state index in [1.165, 1.54) is 32.1 Å². The van der Waals surface area contributed by atoms with Crippen LogP contribution in [0.25, 0.3) is 0 Å². The Kier molecular flexibility index (Phi) is 4.25. The number of amidine groups is 1. The van der Waals surface area contributed by atoms with E-state index >= 15 is 0 Å². The molecule has 3 rings (SSSR count). The molecule has 19 heavy (non-hydrogen) atoms. The average Bonchev–Trinajstić information content (AvgIpc) is 2.77. The fourth-order valence-electron chi connectivity index (χ4n) is 2.72. The van der Waals surface area contributed by atoms with Crippen molar-refractivity contribution in [3.8, 4) is 0 Å². The minimum absolute atomic E-state index is 0.229. The summed E-state index contributed by atoms with van der Waals surface area (Å²) in [6, 6.07) is 6.17. The minimum Gasteiger partial charge on any atom is -0.334 e. The molecule has 1 fully saturated rings. The van der Waals surface area contributed by atoms with Gasteiger partial charge < -0.3 is 5.32 Å². The Bertz CT molecular complexity index is 510. The fourth-order valence-corrected chi connectivity index (χ4v) is 5.06. The first-order valence-corrected chi connectivity index (χ1v) is 9.19. The third-order valence-corrected chi connectivity index (χ3v) is 6.07. The molecule has 1 N–H and O–H groups in total. The van der Waals surface area contributed by atoms with Crippen molar-refractivity contribution in [2.24, 2.45) is 4.99 Å². The lowest BCUT2D eigenvalue weighted by molar-refractivity contribution is 0.335. The number of aliphatic imine (C=N–C) groups is 1. The highest BCUT2D eigenvalue weighted by atomic mass is 79.9. The standard InChI is InChI=1S/C14H16Br2N2S/c15-10-4-5-12(11(16)8-10)17-13-18-14(9-19-13)6-2-1-3-7-14/h4-5,8H,1-3,6-7,9H2,(H,17,18). The maximum Gasteiger partial charge on any atom is 0.161 e. The predicted molar refractivity (Wildman–Crippen MR) is 91.2 cm³/mol. The summed E-state index contributed by atoms with van der Waals surface area (Å²) in [5.41, 5.74) is 1.31. The zero-order valence-corrected chi connectivity index (χ0v) is 14.6. The molecule has 2 nitrogen and oxygen atoms in total. The van der Waals surface area contributed by atoms with Gasteiger partial charge in [0, 0.05) is 14.7 Å². The van der Waals surface area contributed by atoms with Crippen LogP contribution in [0, 0.1) is 0 Å². The van der Waals surface area contributed by atoms with Gasteiger partial charge >= 0.3 is 0 Å². The number of rotatable bonds is 1. The van der Waals surface area contributed by atoms with Gasteiger partial charge in [-0.25, -0.2) is 0 Å². The molecule has 0 radical (unpaired) electrons. The lowest BCUT2D eigenvalue weighted by atomic mass is 9.84. The van der Waals surface area contributed by atoms with Gasteiger partial charge in [0.1, 0.15) is 0 Å². The summed E-state index contributed by atoms with van der Waals surface area (Å²) in [6.07, 6.45) is 6.56. The summed E-state index contributed by atoms with van der Waals surface area (Å²) in [5, 5.41) is 4.53. The van der Waals surface area contributed by atoms with Gasteiger partial charge in [0.2, 0.25) is 0 Å². The average molecular weight is 404 g/mol. The summed E-state index contributed by atoms with van der Waals surface area (Å²) in [7, 11) is 0. The van der Waals surface area contributed by atoms with E-state index in [1.807, 2.05) is 17.8 Å². The molecule has 1 spiro atoms. The molecule has 5 heteroatoms. The van der Waals surface area contributed by atoms with E-state index in [4.69, 9.17) is 4.99 Å². The molecule has 0 saturated heterocycles. The van der Waals surface area contributed by atoms with Crippen molar-refractivity contribution in [3.63, 3.8) is 0 Å². The molecule has 2 aliphatic rings. The molecule has 102 valence electrons. The maximum absolute atomic E-state index is 4.97. The SMILES string of the molecule is Brc1ccc(NC2=NC3(CCCCC3)CS2)c(Br)c1. The van der Waals surface area contributed by atoms with Crippen molar-refractivity contribution in [1.29, 1.82) is 0 Å². The second kappa shape index (κ2) is 5.78. The van der Waals surface area contributed by atoms with Crippen LogP contribution in [0.15, 0.2) is 32.1 Å². The van der Waals surface area contributed by atoms with Crippen molar-refractivity contribution in [3.05, 3.63) is 27.1 Å². The van der Waals surface area contributed by atoms with E-state index in [0.29, 0.717) is 0 Å². The van der Waals surface area contributed by atoms with E-state index in [-0.39, 0.29) is 5.54 Å². The molecule has 0 unspecified atom stereocenters. The third-order valence-electron chi connectivity index (χ3n) is 3.77. The van der Waals surface area contributed by atoms with Crippen molar-refractivity contribution in [1.82, 2.24) is 0 Å². The molecule has 0 atom stereocenters. The van der Waals surface area contributed by atoms with Crippen LogP contribution in [0.1, 0.15) is 32.1 Å². The Morgan fingerprint density at radius 3 is 2.68 bits per heavy atom. The van der Waals surface area contributed by atoms with E-state index in [2.05, 4.69) is 49.3 Å². The van der Waals surface area contributed by atoms with E-state index in [1.54, 1.807) is 0 Å². The van der Waals surface area contributed by atoms with Crippen LogP contribution in [0.3, 0.4) is 0 Å². The highest BCUT2D eigenvalue weighted by molar-refractivity contribution is 9.11. The molecule has 1 aliphatic carbocycles. The van der Waals surface area contributed by atoms with Crippen LogP contribution in [-0.4, -0.2) is 16.5 Å². The van der Waals surface area contributed by atoms with Gasteiger partial charge in [-0.2, -0.15) is 0 Å². The summed E-state index contributed by atoms with van der Waals surface area (Å²) >= 11 is 8.92. The Balaban J connectivity index is 1.75. The van der Waals surface area contributed by atoms with Crippen LogP contribution in [0.2, 0.25) is 0 Å². The van der Waals surface area contributed by atoms with Gasteiger partial charge in [0.05, 0.1) is 11.2 Å². The number of nitrogens with one attached hydrogen (secondary N) is 1. The molecular weight excluding hydrogens is 388 g/mol. The normalized spacial score (nSPS) is 21.5. The van der Waals surface area contributed by atoms with Gasteiger partial charge in [-0.1, -0.05) is 47.0 Å². The Morgan fingerprint density at radius 2 is 1.95 bits per heavy atom. The second-order valence-corrected chi connectivity index (χ2v) is 7.97. The van der Waals surface area contributed by atoms with Gasteiger partial charge in [-0.15, -0.1) is 0 Å². The second-order valence-electron chi connectivity index (χ2n) is 5.24. The van der Waals surface area contributed by atoms with Crippen molar-refractivity contribution < 1.29 is 0 Å². The van der Waals surface area contributed by atoms with Crippen molar-refractivity contribution in [2.45, 2.75) is 37.6 Å². The van der Waals surface area contributed by atoms with Crippen LogP contribution in [0.5, 0.6) is 0 Å². The molecule has 0 bridgehead atoms. The van der Waals surface area contributed by atoms with Crippen molar-refractivity contribution >= 4 is 54.5 Å². The smallest absolute Gasteiger partial charge is 0.161 e. The minimum atomic E-state index is 0.229. The van der Waals surface area contributed by atoms with E-state index in [0.717, 1.165) is 25.6 Å². The van der Waals surface area contributed by atoms with Crippen molar-refractivity contribution in [2.75, 3.05) is 11.1 Å². The van der Waals surface area contributed by atoms with Gasteiger partial charge in [0.15, 0.2) is 5.17 Å². The number of hydrogen-bond acceptors (Lipinski definition) is 3. The fraction of sp³-hybridized carbons (Fsp3) is 0.500. The van der Waals surface area contributed by atoms with Crippen LogP contribution >= 0.6 is 43.6 Å². The topological polar surface area (TPSA) is 24.4 Å². The van der Waals surface area contributed by atoms with Gasteiger partial charge in [-0.3, -0.25) is 4.99 Å². The number of benzene rings is 1. The first-order chi connectivity index (χ1) is 9.17. The predicted octanol–water partition coefficient (Wildman–Crippen LogP) is 5.43. The van der Waals surface area contributed by atoms with E-state index < -0.39 is 0 Å². The zero-order chi connectivity index (χ0) is 13.3. The highest BCUT2D eigenvalue weighted by Gasteiger charge is 2.36. The zero-order valence-electron chi connectivity index (χ0n) is 10.6.